The molecule has 24 nitrogen and oxygen atoms in total. The van der Waals surface area contributed by atoms with Gasteiger partial charge in [-0.25, -0.2) is 29.9 Å². The summed E-state index contributed by atoms with van der Waals surface area (Å²) in [5, 5.41) is 12.5. The van der Waals surface area contributed by atoms with Crippen LogP contribution in [0.25, 0.3) is 0 Å². The molecule has 0 aliphatic carbocycles. The Bertz CT molecular complexity index is 5520. The van der Waals surface area contributed by atoms with Gasteiger partial charge in [0.15, 0.2) is 0 Å². The van der Waals surface area contributed by atoms with E-state index < -0.39 is 0 Å². The van der Waals surface area contributed by atoms with Gasteiger partial charge < -0.3 is 53.7 Å². The van der Waals surface area contributed by atoms with E-state index in [0.717, 1.165) is 204 Å². The summed E-state index contributed by atoms with van der Waals surface area (Å²) in [6.07, 6.45) is 18.6. The van der Waals surface area contributed by atoms with Gasteiger partial charge in [-0.15, -0.1) is 0 Å². The highest BCUT2D eigenvalue weighted by Gasteiger charge is 2.40. The summed E-state index contributed by atoms with van der Waals surface area (Å²) in [6.45, 7) is 15.6. The Balaban J connectivity index is 0.000000106. The lowest BCUT2D eigenvalue weighted by atomic mass is 10.0. The van der Waals surface area contributed by atoms with E-state index in [2.05, 4.69) is 222 Å². The highest BCUT2D eigenvalue weighted by molar-refractivity contribution is 6.18. The number of pyridine rings is 5. The van der Waals surface area contributed by atoms with Gasteiger partial charge >= 0.3 is 0 Å². The zero-order valence-electron chi connectivity index (χ0n) is 67.1. The molecular weight excluding hydrogens is 1480 g/mol. The van der Waals surface area contributed by atoms with E-state index in [1.54, 1.807) is 32.3 Å². The maximum absolute atomic E-state index is 11.9. The molecule has 0 radical (unpaired) electrons. The Hall–Kier alpha value is -12.3. The van der Waals surface area contributed by atoms with Crippen LogP contribution >= 0.6 is 0 Å². The van der Waals surface area contributed by atoms with Gasteiger partial charge in [-0.2, -0.15) is 0 Å². The first-order valence-corrected chi connectivity index (χ1v) is 41.1. The van der Waals surface area contributed by atoms with Gasteiger partial charge in [0, 0.05) is 205 Å². The number of imidazole rings is 1. The van der Waals surface area contributed by atoms with E-state index in [4.69, 9.17) is 39.3 Å². The Kier molecular flexibility index (Phi) is 24.4. The number of morpholine rings is 1. The summed E-state index contributed by atoms with van der Waals surface area (Å²) in [7, 11) is 5.37. The number of methoxy groups -OCH3 is 1. The summed E-state index contributed by atoms with van der Waals surface area (Å²) < 4.78 is 18.9. The number of anilines is 5. The third kappa shape index (κ3) is 18.0. The van der Waals surface area contributed by atoms with Crippen LogP contribution in [0, 0.1) is 0 Å². The van der Waals surface area contributed by atoms with Crippen molar-refractivity contribution in [1.29, 1.82) is 0 Å². The molecule has 5 saturated heterocycles. The number of hydrogen-bond acceptors (Lipinski definition) is 22. The van der Waals surface area contributed by atoms with Gasteiger partial charge in [0.05, 0.1) is 105 Å². The van der Waals surface area contributed by atoms with Gasteiger partial charge in [0.1, 0.15) is 29.1 Å². The molecule has 5 fully saturated rings. The Labute approximate surface area is 689 Å². The number of nitrogens with zero attached hydrogens (tertiary/aromatic N) is 18. The first kappa shape index (κ1) is 78.2. The Morgan fingerprint density at radius 3 is 1.40 bits per heavy atom. The van der Waals surface area contributed by atoms with Crippen molar-refractivity contribution in [2.45, 2.75) is 82.9 Å². The minimum absolute atomic E-state index is 0.0683. The lowest BCUT2D eigenvalue weighted by Crippen LogP contribution is -2.52. The fourth-order valence-electron chi connectivity index (χ4n) is 16.7. The monoisotopic (exact) mass is 1570 g/mol. The second-order valence-electron chi connectivity index (χ2n) is 30.9. The molecule has 0 saturated carbocycles. The van der Waals surface area contributed by atoms with E-state index in [-0.39, 0.29) is 18.6 Å². The number of carbonyl (C=O) groups is 1. The average Bonchev–Trinajstić information content (AvgIpc) is 1.63. The van der Waals surface area contributed by atoms with Crippen molar-refractivity contribution in [2.24, 2.45) is 25.0 Å². The second-order valence-corrected chi connectivity index (χ2v) is 30.9. The van der Waals surface area contributed by atoms with E-state index in [1.165, 1.54) is 61.2 Å². The minimum Gasteiger partial charge on any atom is -0.396 e. The van der Waals surface area contributed by atoms with Crippen molar-refractivity contribution in [2.75, 3.05) is 138 Å². The number of benzene rings is 5. The molecule has 10 aliphatic heterocycles. The molecule has 600 valence electrons. The second kappa shape index (κ2) is 36.9. The number of aromatic nitrogens is 7. The maximum Gasteiger partial charge on any atom is 0.236 e. The topological polar surface area (TPSA) is 241 Å². The predicted molar refractivity (Wildman–Crippen MR) is 465 cm³/mol. The summed E-state index contributed by atoms with van der Waals surface area (Å²) in [4.78, 5) is 75.2. The molecule has 0 spiro atoms. The van der Waals surface area contributed by atoms with Gasteiger partial charge in [-0.05, 0) is 108 Å². The van der Waals surface area contributed by atoms with Crippen LogP contribution in [0.2, 0.25) is 0 Å². The van der Waals surface area contributed by atoms with Crippen molar-refractivity contribution in [1.82, 2.24) is 44.3 Å². The third-order valence-corrected chi connectivity index (χ3v) is 23.2. The number of aliphatic hydroxyl groups is 1. The standard InChI is InChI=1S/C21H25N5O.C19H21N3O2.C19H19N3O.C18H17N5.C17H17N3O/c1-24(2)20(27)15-25-9-11-26(12-10-25)19-13-16(7-8-22-19)21-18-6-4-3-5-17(18)14-23-21;23-9-6-16-13-22(8-10-24-16)18-11-14(5-7-20-18)19-17-4-2-1-3-15(17)12-21-19;1-2-4-15-14(3-1)12-21-19(15)13-5-8-20-18(11-13)22-9-6-17-16(22)7-10-23-17;1-2-4-16-15(3-1)12-22-18(16)14-5-6-20-17(11-14)21-8-10-23-9-7-19-13-23;1-21-14-10-20(11-14)16-8-12(6-7-18-16)17-15-5-3-2-4-13(15)9-19-17/h3-8,13H,9-12,14-15H2,1-2H3;1-5,7,11,16,23H,6,8-10,12-13H2;1-5,8,11,16-17H,6-7,9-10,12H2;1-7,9,11,13H,8,10,12H2,(H,20,21);2-8,14H,9-11H2,1H3. The van der Waals surface area contributed by atoms with E-state index in [9.17, 15) is 4.79 Å². The van der Waals surface area contributed by atoms with Crippen molar-refractivity contribution in [3.63, 3.8) is 0 Å². The number of fused-ring (bicyclic) bond motifs is 6. The largest absolute Gasteiger partial charge is 0.396 e. The minimum atomic E-state index is 0.0683. The normalized spacial score (nSPS) is 18.4. The average molecular weight is 1570 g/mol. The zero-order valence-corrected chi connectivity index (χ0v) is 67.1. The maximum atomic E-state index is 11.9. The van der Waals surface area contributed by atoms with E-state index in [1.807, 2.05) is 72.3 Å². The number of aliphatic hydroxyl groups excluding tert-OH is 1. The van der Waals surface area contributed by atoms with Crippen LogP contribution in [-0.4, -0.2) is 221 Å². The number of aliphatic imine (C=N–C) groups is 5. The molecule has 10 aliphatic rings. The van der Waals surface area contributed by atoms with Gasteiger partial charge in [-0.1, -0.05) is 121 Å². The smallest absolute Gasteiger partial charge is 0.236 e. The van der Waals surface area contributed by atoms with Crippen LogP contribution < -0.4 is 24.9 Å². The van der Waals surface area contributed by atoms with E-state index in [0.29, 0.717) is 37.8 Å². The summed E-state index contributed by atoms with van der Waals surface area (Å²) >= 11 is 0. The molecule has 1 amide bonds. The molecular formula is C94H99N19O5. The summed E-state index contributed by atoms with van der Waals surface area (Å²) in [5.74, 6) is 5.03. The molecule has 11 aromatic rings. The van der Waals surface area contributed by atoms with Gasteiger partial charge in [0.2, 0.25) is 5.91 Å². The van der Waals surface area contributed by atoms with Gasteiger partial charge in [0.25, 0.3) is 0 Å². The van der Waals surface area contributed by atoms with Crippen LogP contribution in [0.3, 0.4) is 0 Å². The first-order chi connectivity index (χ1) is 58.1. The number of likely N-dealkylation sites (N-methyl/N-ethyl adjacent to an activating group) is 1. The van der Waals surface area contributed by atoms with Crippen LogP contribution in [-0.2, 0) is 58.3 Å². The number of hydrogen-bond donors (Lipinski definition) is 2. The number of ether oxygens (including phenoxy) is 3. The molecule has 6 aromatic heterocycles. The molecule has 24 heteroatoms. The fraction of sp³-hybridized carbons (Fsp3) is 0.319. The highest BCUT2D eigenvalue weighted by atomic mass is 16.5. The van der Waals surface area contributed by atoms with Gasteiger partial charge in [-0.3, -0.25) is 34.7 Å². The summed E-state index contributed by atoms with van der Waals surface area (Å²) in [6, 6.07) is 63.4. The number of piperazine rings is 1. The molecule has 3 atom stereocenters. The Morgan fingerprint density at radius 1 is 0.483 bits per heavy atom. The number of rotatable bonds is 18. The fourth-order valence-corrected chi connectivity index (χ4v) is 16.7. The van der Waals surface area contributed by atoms with Crippen LogP contribution in [0.1, 0.15) is 103 Å². The lowest BCUT2D eigenvalue weighted by molar-refractivity contribution is -0.130. The molecule has 118 heavy (non-hydrogen) atoms. The quantitative estimate of drug-likeness (QED) is 0.0811. The van der Waals surface area contributed by atoms with Crippen molar-refractivity contribution in [3.8, 4) is 0 Å². The first-order valence-electron chi connectivity index (χ1n) is 41.1. The van der Waals surface area contributed by atoms with E-state index >= 15 is 0 Å². The van der Waals surface area contributed by atoms with Crippen molar-refractivity contribution in [3.05, 3.63) is 315 Å². The molecule has 0 bridgehead atoms. The number of carbonyl (C=O) groups excluding carboxylic acids is 1. The van der Waals surface area contributed by atoms with Crippen LogP contribution in [0.15, 0.2) is 257 Å². The highest BCUT2D eigenvalue weighted by Crippen LogP contribution is 2.35. The molecule has 21 rings (SSSR count). The predicted octanol–water partition coefficient (Wildman–Crippen LogP) is 11.5. The van der Waals surface area contributed by atoms with Crippen LogP contribution in [0.5, 0.6) is 0 Å². The molecule has 2 N–H and O–H groups in total. The SMILES string of the molecule is CN(C)C(=O)CN1CCN(c2cc(C3=NCc4ccccc43)ccn2)CC1.COC1CN(c2cc(C3=NCc4ccccc43)ccn2)C1.OCCC1CN(c2cc(C3=NCc4ccccc43)ccn2)CCO1.c1ccc2c(c1)CN=C2c1ccnc(N2CCC3OCCC32)c1.c1ccc2c(c1)CN=C2c1ccnc(NCCn2ccnc2)c1. The van der Waals surface area contributed by atoms with Crippen LogP contribution in [0.4, 0.5) is 29.1 Å². The molecule has 5 aromatic carbocycles. The Morgan fingerprint density at radius 2 is 0.932 bits per heavy atom. The number of nitrogens with one attached hydrogen (secondary N) is 1. The molecule has 16 heterocycles. The zero-order chi connectivity index (χ0) is 80.1. The molecule has 3 unspecified atom stereocenters. The third-order valence-electron chi connectivity index (χ3n) is 23.2. The summed E-state index contributed by atoms with van der Waals surface area (Å²) in [5.41, 5.74) is 23.6. The lowest BCUT2D eigenvalue weighted by Gasteiger charge is -2.39. The van der Waals surface area contributed by atoms with Crippen molar-refractivity contribution >= 4 is 63.6 Å². The number of amides is 1. The van der Waals surface area contributed by atoms with Crippen molar-refractivity contribution < 1.29 is 24.1 Å².